The first-order chi connectivity index (χ1) is 17.6. The second-order valence-corrected chi connectivity index (χ2v) is 8.88. The predicted octanol–water partition coefficient (Wildman–Crippen LogP) is 7.54. The second kappa shape index (κ2) is 10.5. The topological polar surface area (TPSA) is 46.4 Å². The van der Waals surface area contributed by atoms with E-state index in [0.29, 0.717) is 10.6 Å². The fourth-order valence-corrected chi connectivity index (χ4v) is 4.26. The molecule has 5 aromatic rings. The molecule has 0 fully saturated rings. The van der Waals surface area contributed by atoms with E-state index in [9.17, 15) is 4.79 Å². The van der Waals surface area contributed by atoms with E-state index in [4.69, 9.17) is 11.6 Å². The predicted molar refractivity (Wildman–Crippen MR) is 148 cm³/mol. The third-order valence-electron chi connectivity index (χ3n) is 5.92. The molecule has 0 saturated heterocycles. The van der Waals surface area contributed by atoms with Crippen LogP contribution >= 0.6 is 11.6 Å². The van der Waals surface area contributed by atoms with E-state index >= 15 is 0 Å². The number of hydrazone groups is 1. The molecule has 1 amide bonds. The van der Waals surface area contributed by atoms with Gasteiger partial charge >= 0.3 is 0 Å². The van der Waals surface area contributed by atoms with Gasteiger partial charge in [-0.1, -0.05) is 90.0 Å². The molecular weight excluding hydrogens is 466 g/mol. The molecule has 1 N–H and O–H groups in total. The lowest BCUT2D eigenvalue weighted by Gasteiger charge is -2.15. The molecule has 1 aromatic heterocycles. The van der Waals surface area contributed by atoms with Crippen molar-refractivity contribution in [3.05, 3.63) is 137 Å². The van der Waals surface area contributed by atoms with Crippen molar-refractivity contribution < 1.29 is 4.79 Å². The Morgan fingerprint density at radius 1 is 0.806 bits per heavy atom. The minimum Gasteiger partial charge on any atom is -0.309 e. The number of hydrogen-bond donors (Lipinski definition) is 1. The Kier molecular flexibility index (Phi) is 6.78. The van der Waals surface area contributed by atoms with Crippen LogP contribution in [0.2, 0.25) is 5.02 Å². The molecule has 1 heterocycles. The lowest BCUT2D eigenvalue weighted by atomic mass is 10.1. The number of carbonyl (C=O) groups excluding carboxylic acids is 1. The highest BCUT2D eigenvalue weighted by atomic mass is 35.5. The van der Waals surface area contributed by atoms with Crippen LogP contribution in [0, 0.1) is 6.92 Å². The van der Waals surface area contributed by atoms with E-state index in [1.54, 1.807) is 30.5 Å². The van der Waals surface area contributed by atoms with Gasteiger partial charge in [0.05, 0.1) is 17.6 Å². The van der Waals surface area contributed by atoms with Crippen molar-refractivity contribution in [2.45, 2.75) is 6.92 Å². The first kappa shape index (κ1) is 23.3. The number of aromatic nitrogens is 1. The smallest absolute Gasteiger partial charge is 0.271 e. The third-order valence-corrected chi connectivity index (χ3v) is 6.17. The Morgan fingerprint density at radius 3 is 2.06 bits per heavy atom. The molecule has 0 aliphatic heterocycles. The second-order valence-electron chi connectivity index (χ2n) is 8.44. The maximum Gasteiger partial charge on any atom is 0.271 e. The molecular formula is C31H24ClN3O. The number of halogens is 1. The van der Waals surface area contributed by atoms with Crippen molar-refractivity contribution in [2.75, 3.05) is 0 Å². The zero-order valence-electron chi connectivity index (χ0n) is 19.7. The van der Waals surface area contributed by atoms with Gasteiger partial charge in [-0.05, 0) is 60.5 Å². The van der Waals surface area contributed by atoms with Gasteiger partial charge in [0.15, 0.2) is 0 Å². The summed E-state index contributed by atoms with van der Waals surface area (Å²) in [6, 6.07) is 37.7. The Labute approximate surface area is 215 Å². The summed E-state index contributed by atoms with van der Waals surface area (Å²) in [6.07, 6.45) is 1.70. The first-order valence-electron chi connectivity index (χ1n) is 11.6. The summed E-state index contributed by atoms with van der Waals surface area (Å²) in [6.45, 7) is 2.08. The van der Waals surface area contributed by atoms with Gasteiger partial charge in [-0.25, -0.2) is 5.43 Å². The maximum absolute atomic E-state index is 12.6. The summed E-state index contributed by atoms with van der Waals surface area (Å²) in [7, 11) is 0. The molecule has 0 saturated carbocycles. The van der Waals surface area contributed by atoms with E-state index in [1.165, 1.54) is 5.56 Å². The van der Waals surface area contributed by atoms with E-state index in [0.717, 1.165) is 33.8 Å². The largest absolute Gasteiger partial charge is 0.309 e. The van der Waals surface area contributed by atoms with Crippen LogP contribution < -0.4 is 5.43 Å². The molecule has 0 aliphatic rings. The summed E-state index contributed by atoms with van der Waals surface area (Å²) < 4.78 is 2.24. The molecule has 0 bridgehead atoms. The summed E-state index contributed by atoms with van der Waals surface area (Å²) in [5, 5.41) is 4.89. The minimum atomic E-state index is -0.301. The fourth-order valence-electron chi connectivity index (χ4n) is 4.13. The minimum absolute atomic E-state index is 0.301. The highest BCUT2D eigenvalue weighted by Crippen LogP contribution is 2.35. The molecule has 36 heavy (non-hydrogen) atoms. The van der Waals surface area contributed by atoms with E-state index in [-0.39, 0.29) is 5.91 Å². The Hall–Kier alpha value is -4.41. The number of rotatable bonds is 6. The van der Waals surface area contributed by atoms with Gasteiger partial charge < -0.3 is 4.57 Å². The van der Waals surface area contributed by atoms with Crippen molar-refractivity contribution in [2.24, 2.45) is 5.10 Å². The highest BCUT2D eigenvalue weighted by Gasteiger charge is 2.18. The Bertz CT molecular complexity index is 1500. The lowest BCUT2D eigenvalue weighted by Crippen LogP contribution is -2.17. The normalized spacial score (nSPS) is 11.1. The summed E-state index contributed by atoms with van der Waals surface area (Å²) in [5.74, 6) is -0.301. The van der Waals surface area contributed by atoms with Crippen molar-refractivity contribution in [3.63, 3.8) is 0 Å². The molecule has 0 radical (unpaired) electrons. The van der Waals surface area contributed by atoms with Gasteiger partial charge in [-0.15, -0.1) is 0 Å². The van der Waals surface area contributed by atoms with E-state index in [2.05, 4.69) is 76.6 Å². The SMILES string of the molecule is Cc1ccc(-n2c(-c3ccccc3)cc(/C=N/NC(=O)c3ccc(Cl)cc3)c2-c2ccccc2)cc1. The molecule has 4 aromatic carbocycles. The number of carbonyl (C=O) groups is 1. The van der Waals surface area contributed by atoms with E-state index < -0.39 is 0 Å². The van der Waals surface area contributed by atoms with Crippen LogP contribution in [0.1, 0.15) is 21.5 Å². The molecule has 0 atom stereocenters. The standard InChI is InChI=1S/C31H24ClN3O/c1-22-12-18-28(19-13-22)35-29(23-8-4-2-5-9-23)20-26(30(35)24-10-6-3-7-11-24)21-33-34-31(36)25-14-16-27(32)17-15-25/h2-21H,1H3,(H,34,36)/b33-21+. The van der Waals surface area contributed by atoms with E-state index in [1.807, 2.05) is 36.4 Å². The number of benzene rings is 4. The average Bonchev–Trinajstić information content (AvgIpc) is 3.30. The molecule has 5 heteroatoms. The van der Waals surface area contributed by atoms with Crippen LogP contribution in [0.15, 0.2) is 120 Å². The Morgan fingerprint density at radius 2 is 1.42 bits per heavy atom. The molecule has 5 rings (SSSR count). The number of amides is 1. The molecule has 176 valence electrons. The highest BCUT2D eigenvalue weighted by molar-refractivity contribution is 6.30. The van der Waals surface area contributed by atoms with Gasteiger partial charge in [0.25, 0.3) is 5.91 Å². The average molecular weight is 490 g/mol. The number of nitrogens with zero attached hydrogens (tertiary/aromatic N) is 2. The zero-order valence-corrected chi connectivity index (χ0v) is 20.5. The van der Waals surface area contributed by atoms with Gasteiger partial charge in [0.1, 0.15) is 0 Å². The summed E-state index contributed by atoms with van der Waals surface area (Å²) in [4.78, 5) is 12.6. The van der Waals surface area contributed by atoms with Crippen LogP contribution in [0.25, 0.3) is 28.2 Å². The van der Waals surface area contributed by atoms with Crippen molar-refractivity contribution in [1.82, 2.24) is 9.99 Å². The quantitative estimate of drug-likeness (QED) is 0.194. The van der Waals surface area contributed by atoms with Crippen LogP contribution in [0.4, 0.5) is 0 Å². The summed E-state index contributed by atoms with van der Waals surface area (Å²) in [5.41, 5.74) is 10.4. The number of nitrogens with one attached hydrogen (secondary N) is 1. The Balaban J connectivity index is 1.62. The van der Waals surface area contributed by atoms with Crippen LogP contribution in [0.5, 0.6) is 0 Å². The molecule has 0 aliphatic carbocycles. The molecule has 4 nitrogen and oxygen atoms in total. The molecule has 0 spiro atoms. The van der Waals surface area contributed by atoms with Crippen LogP contribution in [-0.4, -0.2) is 16.7 Å². The van der Waals surface area contributed by atoms with Gasteiger partial charge in [0, 0.05) is 21.8 Å². The first-order valence-corrected chi connectivity index (χ1v) is 12.0. The maximum atomic E-state index is 12.6. The van der Waals surface area contributed by atoms with Crippen molar-refractivity contribution >= 4 is 23.7 Å². The van der Waals surface area contributed by atoms with Gasteiger partial charge in [-0.2, -0.15) is 5.10 Å². The van der Waals surface area contributed by atoms with Crippen LogP contribution in [0.3, 0.4) is 0 Å². The monoisotopic (exact) mass is 489 g/mol. The summed E-state index contributed by atoms with van der Waals surface area (Å²) >= 11 is 5.94. The number of hydrogen-bond acceptors (Lipinski definition) is 2. The molecule has 0 unspecified atom stereocenters. The van der Waals surface area contributed by atoms with Crippen molar-refractivity contribution in [1.29, 1.82) is 0 Å². The fraction of sp³-hybridized carbons (Fsp3) is 0.0323. The van der Waals surface area contributed by atoms with Crippen LogP contribution in [-0.2, 0) is 0 Å². The lowest BCUT2D eigenvalue weighted by molar-refractivity contribution is 0.0955. The van der Waals surface area contributed by atoms with Gasteiger partial charge in [-0.3, -0.25) is 4.79 Å². The third kappa shape index (κ3) is 4.99. The van der Waals surface area contributed by atoms with Crippen molar-refractivity contribution in [3.8, 4) is 28.2 Å². The number of aryl methyl sites for hydroxylation is 1. The zero-order chi connectivity index (χ0) is 24.9. The van der Waals surface area contributed by atoms with Gasteiger partial charge in [0.2, 0.25) is 0 Å².